The Morgan fingerprint density at radius 3 is 2.41 bits per heavy atom. The average molecular weight is 371 g/mol. The minimum atomic E-state index is -0.387. The number of ether oxygens (including phenoxy) is 2. The molecular formula is C19H21N3O5. The van der Waals surface area contributed by atoms with E-state index in [0.717, 1.165) is 0 Å². The van der Waals surface area contributed by atoms with Gasteiger partial charge >= 0.3 is 0 Å². The van der Waals surface area contributed by atoms with Gasteiger partial charge in [0.25, 0.3) is 0 Å². The standard InChI is InChI=1S/C19H21N3O5/c1-26-15-6-4-14(5-7-15)21-18(24)9-10-19(25)22-20-12-13-3-8-16(23)17(11-13)27-2/h3-8,11-12,23H,9-10H2,1-2H3,(H,21,24)(H,22,25)/b20-12+. The van der Waals surface area contributed by atoms with Crippen molar-refractivity contribution in [2.24, 2.45) is 5.10 Å². The largest absolute Gasteiger partial charge is 0.504 e. The molecule has 0 aliphatic rings. The number of carbonyl (C=O) groups excluding carboxylic acids is 2. The van der Waals surface area contributed by atoms with Crippen molar-refractivity contribution in [1.29, 1.82) is 0 Å². The smallest absolute Gasteiger partial charge is 0.240 e. The zero-order chi connectivity index (χ0) is 19.6. The number of aromatic hydroxyl groups is 1. The molecule has 0 radical (unpaired) electrons. The van der Waals surface area contributed by atoms with E-state index in [-0.39, 0.29) is 30.4 Å². The van der Waals surface area contributed by atoms with E-state index < -0.39 is 0 Å². The van der Waals surface area contributed by atoms with Gasteiger partial charge < -0.3 is 19.9 Å². The quantitative estimate of drug-likeness (QED) is 0.487. The third kappa shape index (κ3) is 6.35. The summed E-state index contributed by atoms with van der Waals surface area (Å²) < 4.78 is 10.0. The Labute approximate surface area is 156 Å². The minimum absolute atomic E-state index is 0.00176. The number of hydrogen-bond acceptors (Lipinski definition) is 6. The highest BCUT2D eigenvalue weighted by Crippen LogP contribution is 2.25. The number of phenolic OH excluding ortho intramolecular Hbond substituents is 1. The lowest BCUT2D eigenvalue weighted by Gasteiger charge is -2.06. The summed E-state index contributed by atoms with van der Waals surface area (Å²) in [4.78, 5) is 23.6. The first-order chi connectivity index (χ1) is 13.0. The van der Waals surface area contributed by atoms with E-state index in [1.807, 2.05) is 0 Å². The molecule has 0 atom stereocenters. The molecule has 2 amide bonds. The minimum Gasteiger partial charge on any atom is -0.504 e. The summed E-state index contributed by atoms with van der Waals surface area (Å²) >= 11 is 0. The fourth-order valence-corrected chi connectivity index (χ4v) is 2.13. The van der Waals surface area contributed by atoms with Crippen LogP contribution in [0.1, 0.15) is 18.4 Å². The molecule has 27 heavy (non-hydrogen) atoms. The molecule has 0 aliphatic heterocycles. The third-order valence-corrected chi connectivity index (χ3v) is 3.56. The highest BCUT2D eigenvalue weighted by Gasteiger charge is 2.07. The van der Waals surface area contributed by atoms with Crippen LogP contribution in [0.5, 0.6) is 17.2 Å². The van der Waals surface area contributed by atoms with Gasteiger partial charge in [0.05, 0.1) is 20.4 Å². The van der Waals surface area contributed by atoms with E-state index in [1.165, 1.54) is 19.4 Å². The van der Waals surface area contributed by atoms with Crippen molar-refractivity contribution in [2.75, 3.05) is 19.5 Å². The highest BCUT2D eigenvalue weighted by atomic mass is 16.5. The van der Waals surface area contributed by atoms with Crippen LogP contribution in [0.25, 0.3) is 0 Å². The number of nitrogens with one attached hydrogen (secondary N) is 2. The van der Waals surface area contributed by atoms with Crippen molar-refractivity contribution in [3.63, 3.8) is 0 Å². The number of phenols is 1. The molecule has 3 N–H and O–H groups in total. The first-order valence-electron chi connectivity index (χ1n) is 8.14. The van der Waals surface area contributed by atoms with E-state index in [9.17, 15) is 14.7 Å². The summed E-state index contributed by atoms with van der Waals surface area (Å²) in [6, 6.07) is 11.6. The molecule has 0 bridgehead atoms. The van der Waals surface area contributed by atoms with E-state index in [0.29, 0.717) is 22.7 Å². The lowest BCUT2D eigenvalue weighted by molar-refractivity contribution is -0.124. The van der Waals surface area contributed by atoms with Crippen LogP contribution in [-0.4, -0.2) is 37.4 Å². The molecule has 2 aromatic carbocycles. The number of benzene rings is 2. The van der Waals surface area contributed by atoms with Gasteiger partial charge in [0.1, 0.15) is 5.75 Å². The predicted molar refractivity (Wildman–Crippen MR) is 101 cm³/mol. The summed E-state index contributed by atoms with van der Waals surface area (Å²) in [6.07, 6.45) is 1.44. The lowest BCUT2D eigenvalue weighted by Crippen LogP contribution is -2.20. The fraction of sp³-hybridized carbons (Fsp3) is 0.211. The SMILES string of the molecule is COc1ccc(NC(=O)CCC(=O)N/N=C/c2ccc(O)c(OC)c2)cc1. The van der Waals surface area contributed by atoms with Gasteiger partial charge in [-0.25, -0.2) is 5.43 Å². The summed E-state index contributed by atoms with van der Waals surface area (Å²) in [5, 5.41) is 16.0. The zero-order valence-corrected chi connectivity index (χ0v) is 15.1. The summed E-state index contributed by atoms with van der Waals surface area (Å²) in [5.74, 6) is 0.350. The topological polar surface area (TPSA) is 109 Å². The monoisotopic (exact) mass is 371 g/mol. The van der Waals surface area contributed by atoms with Crippen molar-refractivity contribution in [3.05, 3.63) is 48.0 Å². The van der Waals surface area contributed by atoms with Crippen molar-refractivity contribution in [3.8, 4) is 17.2 Å². The summed E-state index contributed by atoms with van der Waals surface area (Å²) in [7, 11) is 3.00. The number of carbonyl (C=O) groups is 2. The first-order valence-corrected chi connectivity index (χ1v) is 8.14. The Hall–Kier alpha value is -3.55. The van der Waals surface area contributed by atoms with Crippen LogP contribution < -0.4 is 20.2 Å². The molecule has 0 spiro atoms. The number of nitrogens with zero attached hydrogens (tertiary/aromatic N) is 1. The Balaban J connectivity index is 1.75. The maximum atomic E-state index is 11.9. The molecule has 8 nitrogen and oxygen atoms in total. The Bertz CT molecular complexity index is 819. The molecule has 8 heteroatoms. The summed E-state index contributed by atoms with van der Waals surface area (Å²) in [5.41, 5.74) is 3.61. The van der Waals surface area contributed by atoms with Crippen LogP contribution in [0.3, 0.4) is 0 Å². The van der Waals surface area contributed by atoms with Gasteiger partial charge in [0, 0.05) is 18.5 Å². The van der Waals surface area contributed by atoms with Crippen molar-refractivity contribution < 1.29 is 24.2 Å². The zero-order valence-electron chi connectivity index (χ0n) is 15.1. The third-order valence-electron chi connectivity index (χ3n) is 3.56. The van der Waals surface area contributed by atoms with E-state index >= 15 is 0 Å². The van der Waals surface area contributed by atoms with Gasteiger partial charge in [0.15, 0.2) is 11.5 Å². The number of rotatable bonds is 8. The van der Waals surface area contributed by atoms with E-state index in [1.54, 1.807) is 43.5 Å². The predicted octanol–water partition coefficient (Wildman–Crippen LogP) is 2.28. The van der Waals surface area contributed by atoms with Crippen molar-refractivity contribution >= 4 is 23.7 Å². The normalized spacial score (nSPS) is 10.4. The molecule has 0 saturated heterocycles. The van der Waals surface area contributed by atoms with Crippen LogP contribution in [0.2, 0.25) is 0 Å². The van der Waals surface area contributed by atoms with Crippen LogP contribution in [0.15, 0.2) is 47.6 Å². The lowest BCUT2D eigenvalue weighted by atomic mass is 10.2. The van der Waals surface area contributed by atoms with Gasteiger partial charge in [-0.2, -0.15) is 5.10 Å². The maximum Gasteiger partial charge on any atom is 0.240 e. The second kappa shape index (κ2) is 9.81. The van der Waals surface area contributed by atoms with Crippen molar-refractivity contribution in [2.45, 2.75) is 12.8 Å². The van der Waals surface area contributed by atoms with Crippen LogP contribution >= 0.6 is 0 Å². The molecule has 0 aromatic heterocycles. The number of methoxy groups -OCH3 is 2. The molecule has 0 heterocycles. The van der Waals surface area contributed by atoms with Crippen molar-refractivity contribution in [1.82, 2.24) is 5.43 Å². The number of hydrogen-bond donors (Lipinski definition) is 3. The average Bonchev–Trinajstić information content (AvgIpc) is 2.68. The van der Waals surface area contributed by atoms with E-state index in [4.69, 9.17) is 9.47 Å². The van der Waals surface area contributed by atoms with Gasteiger partial charge in [0.2, 0.25) is 11.8 Å². The van der Waals surface area contributed by atoms with Gasteiger partial charge in [-0.05, 0) is 48.0 Å². The Morgan fingerprint density at radius 1 is 1.04 bits per heavy atom. The molecule has 142 valence electrons. The number of amides is 2. The number of anilines is 1. The maximum absolute atomic E-state index is 11.9. The summed E-state index contributed by atoms with van der Waals surface area (Å²) in [6.45, 7) is 0. The van der Waals surface area contributed by atoms with E-state index in [2.05, 4.69) is 15.8 Å². The van der Waals surface area contributed by atoms with Crippen LogP contribution in [-0.2, 0) is 9.59 Å². The molecule has 0 aliphatic carbocycles. The highest BCUT2D eigenvalue weighted by molar-refractivity contribution is 5.93. The van der Waals surface area contributed by atoms with Gasteiger partial charge in [-0.1, -0.05) is 0 Å². The number of hydrazone groups is 1. The Kier molecular flexibility index (Phi) is 7.18. The van der Waals surface area contributed by atoms with Gasteiger partial charge in [-0.15, -0.1) is 0 Å². The second-order valence-electron chi connectivity index (χ2n) is 5.50. The molecule has 0 saturated carbocycles. The van der Waals surface area contributed by atoms with Gasteiger partial charge in [-0.3, -0.25) is 9.59 Å². The molecule has 0 unspecified atom stereocenters. The molecule has 2 rings (SSSR count). The van der Waals surface area contributed by atoms with Crippen LogP contribution in [0.4, 0.5) is 5.69 Å². The fourth-order valence-electron chi connectivity index (χ4n) is 2.13. The molecule has 0 fully saturated rings. The Morgan fingerprint density at radius 2 is 1.74 bits per heavy atom. The second-order valence-corrected chi connectivity index (χ2v) is 5.50. The first kappa shape index (κ1) is 19.8. The molecular weight excluding hydrogens is 350 g/mol. The molecule has 2 aromatic rings. The van der Waals surface area contributed by atoms with Crippen LogP contribution in [0, 0.1) is 0 Å².